The molecule has 0 saturated carbocycles. The third-order valence-corrected chi connectivity index (χ3v) is 7.45. The Balaban J connectivity index is 1.55. The van der Waals surface area contributed by atoms with Crippen molar-refractivity contribution >= 4 is 21.6 Å². The standard InChI is InChI=1S/C18H35NO4S2/c1(2-4-18-5-17-24-25-18)3-6-19-7-9-20-11-13-22-15-16-23-14-12-21-10-8-19/h18H,1-17H2. The molecule has 7 heteroatoms. The van der Waals surface area contributed by atoms with E-state index in [9.17, 15) is 0 Å². The zero-order valence-corrected chi connectivity index (χ0v) is 17.1. The van der Waals surface area contributed by atoms with Crippen LogP contribution in [0, 0.1) is 0 Å². The van der Waals surface area contributed by atoms with Crippen molar-refractivity contribution in [3.8, 4) is 0 Å². The lowest BCUT2D eigenvalue weighted by molar-refractivity contribution is 0.00206. The first kappa shape index (κ1) is 21.8. The highest BCUT2D eigenvalue weighted by Crippen LogP contribution is 2.39. The maximum Gasteiger partial charge on any atom is 0.0701 e. The first-order valence-corrected chi connectivity index (χ1v) is 12.1. The van der Waals surface area contributed by atoms with Gasteiger partial charge in [0.05, 0.1) is 52.9 Å². The van der Waals surface area contributed by atoms with Gasteiger partial charge in [-0.05, 0) is 25.8 Å². The van der Waals surface area contributed by atoms with Gasteiger partial charge < -0.3 is 18.9 Å². The highest BCUT2D eigenvalue weighted by Gasteiger charge is 2.15. The van der Waals surface area contributed by atoms with Gasteiger partial charge in [0.15, 0.2) is 0 Å². The molecule has 1 atom stereocenters. The molecular weight excluding hydrogens is 358 g/mol. The van der Waals surface area contributed by atoms with Crippen LogP contribution in [-0.4, -0.2) is 88.4 Å². The normalized spacial score (nSPS) is 26.2. The highest BCUT2D eigenvalue weighted by molar-refractivity contribution is 8.77. The van der Waals surface area contributed by atoms with E-state index in [1.54, 1.807) is 0 Å². The fraction of sp³-hybridized carbons (Fsp3) is 1.00. The summed E-state index contributed by atoms with van der Waals surface area (Å²) in [5, 5.41) is 0.912. The molecule has 1 unspecified atom stereocenters. The minimum Gasteiger partial charge on any atom is -0.378 e. The van der Waals surface area contributed by atoms with Gasteiger partial charge in [-0.25, -0.2) is 0 Å². The molecule has 0 radical (unpaired) electrons. The molecule has 2 rings (SSSR count). The molecule has 5 nitrogen and oxygen atoms in total. The van der Waals surface area contributed by atoms with Crippen LogP contribution in [0.1, 0.15) is 32.1 Å². The molecule has 2 saturated heterocycles. The topological polar surface area (TPSA) is 40.2 Å². The van der Waals surface area contributed by atoms with Crippen molar-refractivity contribution in [3.05, 3.63) is 0 Å². The van der Waals surface area contributed by atoms with Crippen molar-refractivity contribution in [3.63, 3.8) is 0 Å². The molecule has 0 N–H and O–H groups in total. The Labute approximate surface area is 161 Å². The Kier molecular flexibility index (Phi) is 13.6. The summed E-state index contributed by atoms with van der Waals surface area (Å²) in [6.07, 6.45) is 6.78. The molecule has 0 aromatic heterocycles. The lowest BCUT2D eigenvalue weighted by Crippen LogP contribution is -2.32. The second-order valence-corrected chi connectivity index (χ2v) is 9.26. The number of ether oxygens (including phenoxy) is 4. The Morgan fingerprint density at radius 2 is 1.32 bits per heavy atom. The monoisotopic (exact) mass is 393 g/mol. The summed E-state index contributed by atoms with van der Waals surface area (Å²) >= 11 is 0. The summed E-state index contributed by atoms with van der Waals surface area (Å²) in [6.45, 7) is 8.56. The number of nitrogens with zero attached hydrogens (tertiary/aromatic N) is 1. The van der Waals surface area contributed by atoms with Gasteiger partial charge in [-0.1, -0.05) is 34.4 Å². The van der Waals surface area contributed by atoms with Crippen LogP contribution in [0.2, 0.25) is 0 Å². The van der Waals surface area contributed by atoms with Crippen molar-refractivity contribution in [2.24, 2.45) is 0 Å². The van der Waals surface area contributed by atoms with Gasteiger partial charge in [-0.15, -0.1) is 0 Å². The number of unbranched alkanes of at least 4 members (excludes halogenated alkanes) is 2. The van der Waals surface area contributed by atoms with Crippen LogP contribution < -0.4 is 0 Å². The Bertz CT molecular complexity index is 291. The van der Waals surface area contributed by atoms with E-state index in [4.69, 9.17) is 18.9 Å². The molecule has 2 fully saturated rings. The minimum atomic E-state index is 0.632. The molecular formula is C18H35NO4S2. The van der Waals surface area contributed by atoms with Crippen LogP contribution >= 0.6 is 21.6 Å². The van der Waals surface area contributed by atoms with Crippen molar-refractivity contribution < 1.29 is 18.9 Å². The predicted molar refractivity (Wildman–Crippen MR) is 107 cm³/mol. The maximum atomic E-state index is 5.68. The van der Waals surface area contributed by atoms with E-state index < -0.39 is 0 Å². The maximum absolute atomic E-state index is 5.68. The van der Waals surface area contributed by atoms with Crippen LogP contribution in [0.3, 0.4) is 0 Å². The lowest BCUT2D eigenvalue weighted by Gasteiger charge is -2.22. The zero-order chi connectivity index (χ0) is 17.4. The van der Waals surface area contributed by atoms with E-state index in [-0.39, 0.29) is 0 Å². The second-order valence-electron chi connectivity index (χ2n) is 6.47. The zero-order valence-electron chi connectivity index (χ0n) is 15.5. The smallest absolute Gasteiger partial charge is 0.0701 e. The minimum absolute atomic E-state index is 0.632. The lowest BCUT2D eigenvalue weighted by atomic mass is 10.1. The largest absolute Gasteiger partial charge is 0.378 e. The number of hydrogen-bond acceptors (Lipinski definition) is 7. The fourth-order valence-corrected chi connectivity index (χ4v) is 5.96. The van der Waals surface area contributed by atoms with Gasteiger partial charge in [-0.3, -0.25) is 4.90 Å². The predicted octanol–water partition coefficient (Wildman–Crippen LogP) is 3.08. The first-order valence-electron chi connectivity index (χ1n) is 9.77. The third kappa shape index (κ3) is 11.7. The van der Waals surface area contributed by atoms with Gasteiger partial charge in [0.1, 0.15) is 0 Å². The molecule has 0 aliphatic carbocycles. The molecule has 0 bridgehead atoms. The van der Waals surface area contributed by atoms with Gasteiger partial charge in [0.25, 0.3) is 0 Å². The first-order chi connectivity index (χ1) is 12.4. The van der Waals surface area contributed by atoms with E-state index in [0.717, 1.165) is 38.1 Å². The van der Waals surface area contributed by atoms with E-state index in [2.05, 4.69) is 15.7 Å². The molecule has 0 aromatic rings. The molecule has 0 aromatic carbocycles. The van der Waals surface area contributed by atoms with E-state index in [1.807, 2.05) is 10.8 Å². The van der Waals surface area contributed by atoms with Gasteiger partial charge in [-0.2, -0.15) is 0 Å². The average Bonchev–Trinajstić information content (AvgIpc) is 3.13. The van der Waals surface area contributed by atoms with Crippen molar-refractivity contribution in [1.29, 1.82) is 0 Å². The van der Waals surface area contributed by atoms with Crippen molar-refractivity contribution in [1.82, 2.24) is 4.90 Å². The second kappa shape index (κ2) is 15.5. The van der Waals surface area contributed by atoms with Crippen LogP contribution in [-0.2, 0) is 18.9 Å². The molecule has 0 amide bonds. The molecule has 0 spiro atoms. The average molecular weight is 394 g/mol. The van der Waals surface area contributed by atoms with Gasteiger partial charge in [0, 0.05) is 24.1 Å². The Morgan fingerprint density at radius 1 is 0.720 bits per heavy atom. The Hall–Kier alpha value is 0.500. The van der Waals surface area contributed by atoms with E-state index in [0.29, 0.717) is 39.6 Å². The molecule has 2 aliphatic rings. The molecule has 2 heterocycles. The quantitative estimate of drug-likeness (QED) is 0.507. The van der Waals surface area contributed by atoms with Gasteiger partial charge in [0.2, 0.25) is 0 Å². The van der Waals surface area contributed by atoms with E-state index >= 15 is 0 Å². The summed E-state index contributed by atoms with van der Waals surface area (Å²) in [7, 11) is 4.15. The van der Waals surface area contributed by atoms with Gasteiger partial charge >= 0.3 is 0 Å². The van der Waals surface area contributed by atoms with E-state index in [1.165, 1.54) is 37.9 Å². The summed E-state index contributed by atoms with van der Waals surface area (Å²) in [5.74, 6) is 1.35. The summed E-state index contributed by atoms with van der Waals surface area (Å²) in [5.41, 5.74) is 0. The van der Waals surface area contributed by atoms with Crippen molar-refractivity contribution in [2.75, 3.05) is 78.2 Å². The summed E-state index contributed by atoms with van der Waals surface area (Å²) in [6, 6.07) is 0. The number of hydrogen-bond donors (Lipinski definition) is 0. The van der Waals surface area contributed by atoms with Crippen LogP contribution in [0.15, 0.2) is 0 Å². The molecule has 25 heavy (non-hydrogen) atoms. The SMILES string of the molecule is C(CCC1CCSS1)CCN1CCOCCOCCOCCOCC1. The van der Waals surface area contributed by atoms with Crippen LogP contribution in [0.25, 0.3) is 0 Å². The third-order valence-electron chi connectivity index (χ3n) is 4.45. The number of rotatable bonds is 6. The van der Waals surface area contributed by atoms with Crippen LogP contribution in [0.4, 0.5) is 0 Å². The summed E-state index contributed by atoms with van der Waals surface area (Å²) < 4.78 is 22.3. The fourth-order valence-electron chi connectivity index (χ4n) is 2.93. The molecule has 148 valence electrons. The van der Waals surface area contributed by atoms with Crippen LogP contribution in [0.5, 0.6) is 0 Å². The van der Waals surface area contributed by atoms with Crippen molar-refractivity contribution in [2.45, 2.75) is 37.4 Å². The highest BCUT2D eigenvalue weighted by atomic mass is 33.1. The Morgan fingerprint density at radius 3 is 1.88 bits per heavy atom. The molecule has 2 aliphatic heterocycles. The summed E-state index contributed by atoms with van der Waals surface area (Å²) in [4.78, 5) is 2.47.